The van der Waals surface area contributed by atoms with Crippen molar-refractivity contribution in [3.63, 3.8) is 0 Å². The van der Waals surface area contributed by atoms with E-state index in [0.29, 0.717) is 32.2 Å². The maximum absolute atomic E-state index is 13.2. The van der Waals surface area contributed by atoms with E-state index in [0.717, 1.165) is 18.4 Å². The number of hydrogen-bond donors (Lipinski definition) is 4. The number of amides is 1. The number of nitrogens with two attached hydrogens (primary N) is 1. The average Bonchev–Trinajstić information content (AvgIpc) is 3.19. The molecule has 1 aromatic carbocycles. The minimum atomic E-state index is -4.42. The van der Waals surface area contributed by atoms with Crippen LogP contribution in [0.1, 0.15) is 63.4 Å². The van der Waals surface area contributed by atoms with E-state index in [1.807, 2.05) is 30.3 Å². The summed E-state index contributed by atoms with van der Waals surface area (Å²) in [7, 11) is -4.42. The van der Waals surface area contributed by atoms with Crippen molar-refractivity contribution in [2.45, 2.75) is 75.6 Å². The topological polar surface area (TPSA) is 139 Å². The summed E-state index contributed by atoms with van der Waals surface area (Å²) < 4.78 is 18.5. The zero-order chi connectivity index (χ0) is 22.0. The predicted octanol–water partition coefficient (Wildman–Crippen LogP) is 3.18. The van der Waals surface area contributed by atoms with Crippen molar-refractivity contribution in [3.05, 3.63) is 35.9 Å². The van der Waals surface area contributed by atoms with Crippen molar-refractivity contribution >= 4 is 19.5 Å². The standard InChI is InChI=1S/C21H33N2O6P/c22-16-8-2-5-11-18(20(25)26)29-30(27,28)21(14-6-7-15-21)23-19(24)13-12-17-9-3-1-4-10-17/h1,3-4,9-10,18H,2,5-8,11-16,22H2,(H,23,24)(H,25,26)(H,27,28). The molecule has 5 N–H and O–H groups in total. The van der Waals surface area contributed by atoms with Gasteiger partial charge >= 0.3 is 13.6 Å². The van der Waals surface area contributed by atoms with E-state index >= 15 is 0 Å². The second-order valence-corrected chi connectivity index (χ2v) is 9.97. The minimum Gasteiger partial charge on any atom is -0.479 e. The second-order valence-electron chi connectivity index (χ2n) is 7.86. The highest BCUT2D eigenvalue weighted by molar-refractivity contribution is 7.54. The van der Waals surface area contributed by atoms with Gasteiger partial charge in [0.05, 0.1) is 0 Å². The van der Waals surface area contributed by atoms with Crippen LogP contribution in [0, 0.1) is 0 Å². The van der Waals surface area contributed by atoms with Crippen LogP contribution in [0.25, 0.3) is 0 Å². The molecule has 0 heterocycles. The molecule has 1 aliphatic rings. The van der Waals surface area contributed by atoms with E-state index in [2.05, 4.69) is 5.32 Å². The second kappa shape index (κ2) is 11.6. The number of carbonyl (C=O) groups is 2. The molecule has 1 amide bonds. The van der Waals surface area contributed by atoms with Crippen LogP contribution in [-0.4, -0.2) is 39.8 Å². The van der Waals surface area contributed by atoms with Crippen LogP contribution in [0.5, 0.6) is 0 Å². The Bertz CT molecular complexity index is 736. The maximum Gasteiger partial charge on any atom is 0.354 e. The Morgan fingerprint density at radius 3 is 2.43 bits per heavy atom. The molecule has 8 nitrogen and oxygen atoms in total. The summed E-state index contributed by atoms with van der Waals surface area (Å²) in [5, 5.41) is 10.8. The fourth-order valence-corrected chi connectivity index (χ4v) is 5.70. The first-order valence-electron chi connectivity index (χ1n) is 10.6. The Hall–Kier alpha value is -1.73. The molecule has 0 saturated heterocycles. The highest BCUT2D eigenvalue weighted by atomic mass is 31.2. The Morgan fingerprint density at radius 2 is 1.83 bits per heavy atom. The molecule has 0 radical (unpaired) electrons. The van der Waals surface area contributed by atoms with Crippen molar-refractivity contribution in [1.29, 1.82) is 0 Å². The van der Waals surface area contributed by atoms with Gasteiger partial charge in [-0.15, -0.1) is 0 Å². The van der Waals surface area contributed by atoms with Gasteiger partial charge in [0.15, 0.2) is 6.10 Å². The number of carbonyl (C=O) groups excluding carboxylic acids is 1. The van der Waals surface area contributed by atoms with E-state index in [4.69, 9.17) is 10.3 Å². The van der Waals surface area contributed by atoms with Crippen LogP contribution >= 0.6 is 7.60 Å². The van der Waals surface area contributed by atoms with E-state index in [1.165, 1.54) is 0 Å². The number of aliphatic carboxylic acids is 1. The normalized spacial score (nSPS) is 18.5. The molecule has 1 saturated carbocycles. The quantitative estimate of drug-likeness (QED) is 0.273. The van der Waals surface area contributed by atoms with Gasteiger partial charge in [-0.1, -0.05) is 56.0 Å². The fourth-order valence-electron chi connectivity index (χ4n) is 3.81. The zero-order valence-electron chi connectivity index (χ0n) is 17.3. The fraction of sp³-hybridized carbons (Fsp3) is 0.619. The zero-order valence-corrected chi connectivity index (χ0v) is 18.2. The number of carboxylic acids is 1. The van der Waals surface area contributed by atoms with Crippen LogP contribution in [0.4, 0.5) is 0 Å². The van der Waals surface area contributed by atoms with Gasteiger partial charge in [0, 0.05) is 6.42 Å². The average molecular weight is 440 g/mol. The van der Waals surface area contributed by atoms with Crippen molar-refractivity contribution in [2.24, 2.45) is 5.73 Å². The van der Waals surface area contributed by atoms with Gasteiger partial charge in [-0.25, -0.2) is 4.79 Å². The van der Waals surface area contributed by atoms with Gasteiger partial charge in [-0.3, -0.25) is 13.9 Å². The third-order valence-electron chi connectivity index (χ3n) is 5.54. The number of rotatable bonds is 13. The van der Waals surface area contributed by atoms with Crippen LogP contribution in [0.2, 0.25) is 0 Å². The number of benzene rings is 1. The minimum absolute atomic E-state index is 0.123. The number of nitrogens with one attached hydrogen (secondary N) is 1. The van der Waals surface area contributed by atoms with E-state index in [1.54, 1.807) is 0 Å². The summed E-state index contributed by atoms with van der Waals surface area (Å²) in [5.74, 6) is -1.62. The summed E-state index contributed by atoms with van der Waals surface area (Å²) in [4.78, 5) is 34.9. The molecule has 0 aromatic heterocycles. The highest BCUT2D eigenvalue weighted by Crippen LogP contribution is 2.61. The summed E-state index contributed by atoms with van der Waals surface area (Å²) in [6, 6.07) is 9.51. The third kappa shape index (κ3) is 6.91. The highest BCUT2D eigenvalue weighted by Gasteiger charge is 2.53. The monoisotopic (exact) mass is 440 g/mol. The van der Waals surface area contributed by atoms with Gasteiger partial charge in [0.2, 0.25) is 5.91 Å². The Balaban J connectivity index is 2.02. The van der Waals surface area contributed by atoms with Crippen LogP contribution in [0.3, 0.4) is 0 Å². The lowest BCUT2D eigenvalue weighted by Gasteiger charge is -2.35. The first-order chi connectivity index (χ1) is 14.3. The van der Waals surface area contributed by atoms with Crippen molar-refractivity contribution in [1.82, 2.24) is 5.32 Å². The molecule has 30 heavy (non-hydrogen) atoms. The lowest BCUT2D eigenvalue weighted by atomic mass is 10.1. The van der Waals surface area contributed by atoms with Gasteiger partial charge in [0.25, 0.3) is 0 Å². The Labute approximate surface area is 177 Å². The van der Waals surface area contributed by atoms with Gasteiger partial charge in [-0.2, -0.15) is 0 Å². The number of hydrogen-bond acceptors (Lipinski definition) is 5. The molecule has 2 unspecified atom stereocenters. The first-order valence-corrected chi connectivity index (χ1v) is 12.2. The molecule has 1 fully saturated rings. The SMILES string of the molecule is NCCCCCC(OP(=O)(O)C1(NC(=O)CCc2ccccc2)CCCC1)C(=O)O. The molecule has 0 spiro atoms. The largest absolute Gasteiger partial charge is 0.479 e. The molecule has 1 aliphatic carbocycles. The summed E-state index contributed by atoms with van der Waals surface area (Å²) >= 11 is 0. The molecule has 1 aromatic rings. The number of carboxylic acid groups (broad SMARTS) is 1. The lowest BCUT2D eigenvalue weighted by molar-refractivity contribution is -0.146. The lowest BCUT2D eigenvalue weighted by Crippen LogP contribution is -2.47. The van der Waals surface area contributed by atoms with Gasteiger partial charge < -0.3 is 21.1 Å². The van der Waals surface area contributed by atoms with Crippen LogP contribution < -0.4 is 11.1 Å². The van der Waals surface area contributed by atoms with E-state index in [9.17, 15) is 24.2 Å². The van der Waals surface area contributed by atoms with Crippen LogP contribution in [-0.2, 0) is 25.1 Å². The molecule has 0 bridgehead atoms. The number of aryl methyl sites for hydroxylation is 1. The molecule has 168 valence electrons. The summed E-state index contributed by atoms with van der Waals surface area (Å²) in [5.41, 5.74) is 6.44. The molecular formula is C21H33N2O6P. The van der Waals surface area contributed by atoms with E-state index in [-0.39, 0.29) is 31.6 Å². The van der Waals surface area contributed by atoms with E-state index < -0.39 is 24.9 Å². The van der Waals surface area contributed by atoms with Crippen molar-refractivity contribution in [2.75, 3.05) is 6.54 Å². The van der Waals surface area contributed by atoms with Crippen LogP contribution in [0.15, 0.2) is 30.3 Å². The van der Waals surface area contributed by atoms with Crippen molar-refractivity contribution in [3.8, 4) is 0 Å². The Morgan fingerprint density at radius 1 is 1.17 bits per heavy atom. The summed E-state index contributed by atoms with van der Waals surface area (Å²) in [6.45, 7) is 0.509. The Kier molecular flexibility index (Phi) is 9.49. The van der Waals surface area contributed by atoms with Gasteiger partial charge in [-0.05, 0) is 44.2 Å². The maximum atomic E-state index is 13.2. The molecular weight excluding hydrogens is 407 g/mol. The number of unbranched alkanes of at least 4 members (excludes halogenated alkanes) is 2. The molecule has 0 aliphatic heterocycles. The smallest absolute Gasteiger partial charge is 0.354 e. The molecule has 2 atom stereocenters. The van der Waals surface area contributed by atoms with Crippen molar-refractivity contribution < 1.29 is 28.7 Å². The predicted molar refractivity (Wildman–Crippen MR) is 114 cm³/mol. The summed E-state index contributed by atoms with van der Waals surface area (Å²) in [6.07, 6.45) is 3.34. The van der Waals surface area contributed by atoms with Gasteiger partial charge in [0.1, 0.15) is 5.28 Å². The first kappa shape index (κ1) is 24.5. The third-order valence-corrected chi connectivity index (χ3v) is 7.72. The molecule has 9 heteroatoms. The molecule has 2 rings (SSSR count).